The van der Waals surface area contributed by atoms with Crippen LogP contribution in [0, 0.1) is 0 Å². The molecular formula is C20H31ClN4O. The van der Waals surface area contributed by atoms with Crippen LogP contribution in [0.1, 0.15) is 40.2 Å². The fraction of sp³-hybridized carbons (Fsp3) is 0.500. The van der Waals surface area contributed by atoms with Crippen molar-refractivity contribution in [2.24, 2.45) is 7.05 Å². The number of aryl methyl sites for hydroxylation is 1. The Balaban J connectivity index is 0.00000163. The first-order valence-corrected chi connectivity index (χ1v) is 9.49. The van der Waals surface area contributed by atoms with Gasteiger partial charge in [-0.15, -0.1) is 0 Å². The van der Waals surface area contributed by atoms with Crippen LogP contribution < -0.4 is 10.6 Å². The van der Waals surface area contributed by atoms with Gasteiger partial charge in [0, 0.05) is 30.4 Å². The van der Waals surface area contributed by atoms with Gasteiger partial charge in [0.1, 0.15) is 0 Å². The Kier molecular flexibility index (Phi) is 9.38. The monoisotopic (exact) mass is 378 g/mol. The fourth-order valence-electron chi connectivity index (χ4n) is 2.67. The highest BCUT2D eigenvalue weighted by atomic mass is 35.5. The molecule has 0 saturated carbocycles. The number of carbonyl (C=O) groups excluding carboxylic acids is 1. The van der Waals surface area contributed by atoms with Gasteiger partial charge in [-0.05, 0) is 44.9 Å². The molecule has 1 aromatic heterocycles. The normalized spacial score (nSPS) is 18.7. The minimum atomic E-state index is -0.308. The molecule has 0 fully saturated rings. The number of nitrogens with zero attached hydrogens (tertiary/aromatic N) is 2. The third-order valence-electron chi connectivity index (χ3n) is 3.80. The third kappa shape index (κ3) is 7.58. The van der Waals surface area contributed by atoms with E-state index < -0.39 is 0 Å². The van der Waals surface area contributed by atoms with E-state index in [-0.39, 0.29) is 24.0 Å². The van der Waals surface area contributed by atoms with Crippen molar-refractivity contribution in [3.63, 3.8) is 0 Å². The first-order valence-electron chi connectivity index (χ1n) is 9.11. The highest BCUT2D eigenvalue weighted by molar-refractivity contribution is 6.31. The second kappa shape index (κ2) is 11.0. The number of hydrogen-bond acceptors (Lipinski definition) is 3. The zero-order valence-corrected chi connectivity index (χ0v) is 17.3. The smallest absolute Gasteiger partial charge is 0.237 e. The summed E-state index contributed by atoms with van der Waals surface area (Å²) in [5, 5.41) is 11.2. The molecule has 1 amide bonds. The molecule has 3 atom stereocenters. The van der Waals surface area contributed by atoms with E-state index in [2.05, 4.69) is 21.8 Å². The Morgan fingerprint density at radius 2 is 2.08 bits per heavy atom. The number of rotatable bonds is 6. The molecule has 1 aliphatic rings. The summed E-state index contributed by atoms with van der Waals surface area (Å²) in [7, 11) is 1.88. The molecule has 0 bridgehead atoms. The van der Waals surface area contributed by atoms with Crippen LogP contribution >= 0.6 is 11.6 Å². The number of amides is 1. The van der Waals surface area contributed by atoms with Crippen LogP contribution in [0.25, 0.3) is 0 Å². The summed E-state index contributed by atoms with van der Waals surface area (Å²) < 4.78 is 1.76. The molecule has 2 N–H and O–H groups in total. The Labute approximate surface area is 162 Å². The molecule has 0 aliphatic heterocycles. The highest BCUT2D eigenvalue weighted by Gasteiger charge is 2.18. The molecule has 3 unspecified atom stereocenters. The highest BCUT2D eigenvalue weighted by Crippen LogP contribution is 2.14. The van der Waals surface area contributed by atoms with Gasteiger partial charge in [-0.3, -0.25) is 14.8 Å². The first-order chi connectivity index (χ1) is 12.3. The maximum atomic E-state index is 12.4. The molecule has 144 valence electrons. The van der Waals surface area contributed by atoms with Gasteiger partial charge in [0.25, 0.3) is 0 Å². The van der Waals surface area contributed by atoms with E-state index in [9.17, 15) is 4.79 Å². The lowest BCUT2D eigenvalue weighted by atomic mass is 10.1. The zero-order valence-electron chi connectivity index (χ0n) is 16.6. The van der Waals surface area contributed by atoms with Crippen LogP contribution in [0.5, 0.6) is 0 Å². The SMILES string of the molecule is CC.CC1=CC(NC(C)C(=O)NC(C)Cc2cnn(C)c2)C=CC(Cl)=C1. The van der Waals surface area contributed by atoms with Crippen molar-refractivity contribution in [1.29, 1.82) is 0 Å². The topological polar surface area (TPSA) is 59.0 Å². The lowest BCUT2D eigenvalue weighted by Crippen LogP contribution is -2.48. The average molecular weight is 379 g/mol. The van der Waals surface area contributed by atoms with Gasteiger partial charge in [0.2, 0.25) is 5.91 Å². The molecule has 1 aliphatic carbocycles. The van der Waals surface area contributed by atoms with E-state index in [1.54, 1.807) is 4.68 Å². The Morgan fingerprint density at radius 1 is 1.38 bits per heavy atom. The summed E-state index contributed by atoms with van der Waals surface area (Å²) in [5.74, 6) is -0.0193. The molecule has 0 spiro atoms. The minimum Gasteiger partial charge on any atom is -0.352 e. The maximum absolute atomic E-state index is 12.4. The Hall–Kier alpha value is -1.85. The number of nitrogens with one attached hydrogen (secondary N) is 2. The van der Waals surface area contributed by atoms with Crippen molar-refractivity contribution in [2.45, 2.75) is 59.2 Å². The third-order valence-corrected chi connectivity index (χ3v) is 4.03. The average Bonchev–Trinajstić information content (AvgIpc) is 2.90. The predicted molar refractivity (Wildman–Crippen MR) is 109 cm³/mol. The van der Waals surface area contributed by atoms with E-state index in [0.717, 1.165) is 17.6 Å². The quantitative estimate of drug-likeness (QED) is 0.796. The lowest BCUT2D eigenvalue weighted by molar-refractivity contribution is -0.123. The van der Waals surface area contributed by atoms with Crippen molar-refractivity contribution in [3.05, 3.63) is 52.9 Å². The van der Waals surface area contributed by atoms with Crippen LogP contribution in [0.2, 0.25) is 0 Å². The van der Waals surface area contributed by atoms with Crippen molar-refractivity contribution >= 4 is 17.5 Å². The van der Waals surface area contributed by atoms with Crippen LogP contribution in [-0.2, 0) is 18.3 Å². The molecule has 0 saturated heterocycles. The van der Waals surface area contributed by atoms with Gasteiger partial charge in [-0.2, -0.15) is 5.10 Å². The molecule has 0 aromatic carbocycles. The molecular weight excluding hydrogens is 348 g/mol. The van der Waals surface area contributed by atoms with E-state index in [4.69, 9.17) is 11.6 Å². The van der Waals surface area contributed by atoms with Crippen LogP contribution in [0.15, 0.2) is 47.3 Å². The number of aromatic nitrogens is 2. The van der Waals surface area contributed by atoms with Crippen LogP contribution in [0.3, 0.4) is 0 Å². The molecule has 0 radical (unpaired) electrons. The summed E-state index contributed by atoms with van der Waals surface area (Å²) in [4.78, 5) is 12.4. The second-order valence-corrected chi connectivity index (χ2v) is 6.79. The van der Waals surface area contributed by atoms with Gasteiger partial charge >= 0.3 is 0 Å². The van der Waals surface area contributed by atoms with E-state index in [1.165, 1.54) is 0 Å². The molecule has 26 heavy (non-hydrogen) atoms. The number of hydrogen-bond donors (Lipinski definition) is 2. The standard InChI is InChI=1S/C18H25ClN4O.C2H6/c1-12-7-16(19)5-6-17(8-12)22-14(3)18(24)21-13(2)9-15-10-20-23(4)11-15;1-2/h5-8,10-11,13-14,17,22H,9H2,1-4H3,(H,21,24);1-2H3. The Bertz CT molecular complexity index is 675. The van der Waals surface area contributed by atoms with Crippen molar-refractivity contribution in [3.8, 4) is 0 Å². The first kappa shape index (κ1) is 22.2. The predicted octanol–water partition coefficient (Wildman–Crippen LogP) is 3.48. The van der Waals surface area contributed by atoms with Crippen molar-refractivity contribution in [2.75, 3.05) is 0 Å². The van der Waals surface area contributed by atoms with Gasteiger partial charge < -0.3 is 5.32 Å². The molecule has 1 aromatic rings. The van der Waals surface area contributed by atoms with E-state index >= 15 is 0 Å². The summed E-state index contributed by atoms with van der Waals surface area (Å²) in [6.45, 7) is 9.85. The molecule has 5 nitrogen and oxygen atoms in total. The van der Waals surface area contributed by atoms with Gasteiger partial charge in [-0.1, -0.05) is 43.2 Å². The van der Waals surface area contributed by atoms with Gasteiger partial charge in [-0.25, -0.2) is 0 Å². The maximum Gasteiger partial charge on any atom is 0.237 e. The Morgan fingerprint density at radius 3 is 2.69 bits per heavy atom. The number of halogens is 1. The lowest BCUT2D eigenvalue weighted by Gasteiger charge is -2.21. The number of allylic oxidation sites excluding steroid dienone is 4. The van der Waals surface area contributed by atoms with E-state index in [0.29, 0.717) is 5.03 Å². The summed E-state index contributed by atoms with van der Waals surface area (Å²) in [6, 6.07) is -0.284. The fourth-order valence-corrected chi connectivity index (χ4v) is 2.91. The minimum absolute atomic E-state index is 0.0193. The molecule has 6 heteroatoms. The van der Waals surface area contributed by atoms with Crippen molar-refractivity contribution in [1.82, 2.24) is 20.4 Å². The summed E-state index contributed by atoms with van der Waals surface area (Å²) in [6.07, 6.45) is 12.3. The van der Waals surface area contributed by atoms with Gasteiger partial charge in [0.05, 0.1) is 12.2 Å². The largest absolute Gasteiger partial charge is 0.352 e. The van der Waals surface area contributed by atoms with Crippen LogP contribution in [0.4, 0.5) is 0 Å². The van der Waals surface area contributed by atoms with Crippen LogP contribution in [-0.4, -0.2) is 33.8 Å². The van der Waals surface area contributed by atoms with Crippen molar-refractivity contribution < 1.29 is 4.79 Å². The van der Waals surface area contributed by atoms with Gasteiger partial charge in [0.15, 0.2) is 0 Å². The molecule has 2 rings (SSSR count). The summed E-state index contributed by atoms with van der Waals surface area (Å²) in [5.41, 5.74) is 2.18. The van der Waals surface area contributed by atoms with E-state index in [1.807, 2.05) is 72.3 Å². The number of carbonyl (C=O) groups is 1. The zero-order chi connectivity index (χ0) is 19.7. The summed E-state index contributed by atoms with van der Waals surface area (Å²) >= 11 is 6.05. The second-order valence-electron chi connectivity index (χ2n) is 6.35. The molecule has 1 heterocycles.